The smallest absolute Gasteiger partial charge is 0.240 e. The molecule has 0 radical (unpaired) electrons. The predicted octanol–water partition coefficient (Wildman–Crippen LogP) is 2.77. The van der Waals surface area contributed by atoms with E-state index in [-0.39, 0.29) is 10.9 Å². The fourth-order valence-electron chi connectivity index (χ4n) is 2.80. The predicted molar refractivity (Wildman–Crippen MR) is 88.4 cm³/mol. The van der Waals surface area contributed by atoms with Gasteiger partial charge in [0, 0.05) is 24.8 Å². The Bertz CT molecular complexity index is 740. The van der Waals surface area contributed by atoms with Gasteiger partial charge < -0.3 is 4.90 Å². The number of hydrogen-bond acceptors (Lipinski definition) is 3. The highest BCUT2D eigenvalue weighted by Crippen LogP contribution is 2.20. The van der Waals surface area contributed by atoms with Crippen LogP contribution in [0.3, 0.4) is 0 Å². The molecule has 1 aliphatic heterocycles. The van der Waals surface area contributed by atoms with E-state index in [1.54, 1.807) is 0 Å². The van der Waals surface area contributed by atoms with Crippen molar-refractivity contribution in [2.45, 2.75) is 23.8 Å². The van der Waals surface area contributed by atoms with E-state index in [1.807, 2.05) is 18.2 Å². The average Bonchev–Trinajstić information content (AvgIpc) is 2.56. The number of para-hydroxylation sites is 1. The van der Waals surface area contributed by atoms with Gasteiger partial charge in [-0.2, -0.15) is 0 Å². The van der Waals surface area contributed by atoms with Crippen LogP contribution in [0.2, 0.25) is 0 Å². The van der Waals surface area contributed by atoms with Crippen LogP contribution >= 0.6 is 0 Å². The third-order valence-electron chi connectivity index (χ3n) is 4.06. The number of benzene rings is 2. The summed E-state index contributed by atoms with van der Waals surface area (Å²) >= 11 is 0. The first-order chi connectivity index (χ1) is 11.0. The van der Waals surface area contributed by atoms with Gasteiger partial charge in [-0.1, -0.05) is 18.2 Å². The number of piperidine rings is 1. The Morgan fingerprint density at radius 3 is 2.17 bits per heavy atom. The Morgan fingerprint density at radius 2 is 1.57 bits per heavy atom. The summed E-state index contributed by atoms with van der Waals surface area (Å²) in [6.07, 6.45) is 1.49. The van der Waals surface area contributed by atoms with Gasteiger partial charge in [-0.05, 0) is 49.2 Å². The molecule has 0 aliphatic carbocycles. The summed E-state index contributed by atoms with van der Waals surface area (Å²) in [6.45, 7) is 1.61. The molecule has 3 rings (SSSR count). The maximum atomic E-state index is 12.9. The third kappa shape index (κ3) is 3.89. The van der Waals surface area contributed by atoms with Crippen LogP contribution in [-0.4, -0.2) is 27.5 Å². The monoisotopic (exact) mass is 334 g/mol. The fraction of sp³-hybridized carbons (Fsp3) is 0.294. The van der Waals surface area contributed by atoms with Crippen molar-refractivity contribution < 1.29 is 12.8 Å². The third-order valence-corrected chi connectivity index (χ3v) is 5.60. The molecular weight excluding hydrogens is 315 g/mol. The van der Waals surface area contributed by atoms with E-state index >= 15 is 0 Å². The lowest BCUT2D eigenvalue weighted by atomic mass is 10.1. The molecule has 122 valence electrons. The molecule has 23 heavy (non-hydrogen) atoms. The molecule has 0 atom stereocenters. The number of sulfonamides is 1. The Balaban J connectivity index is 1.61. The van der Waals surface area contributed by atoms with Crippen molar-refractivity contribution >= 4 is 15.7 Å². The van der Waals surface area contributed by atoms with Gasteiger partial charge in [0.05, 0.1) is 4.90 Å². The van der Waals surface area contributed by atoms with Crippen LogP contribution in [-0.2, 0) is 10.0 Å². The van der Waals surface area contributed by atoms with Gasteiger partial charge in [-0.25, -0.2) is 17.5 Å². The topological polar surface area (TPSA) is 49.4 Å². The molecule has 1 N–H and O–H groups in total. The molecule has 1 fully saturated rings. The second-order valence-corrected chi connectivity index (χ2v) is 7.39. The molecule has 1 saturated heterocycles. The standard InChI is InChI=1S/C17H19FN2O2S/c18-14-6-8-17(9-7-14)23(21,22)19-15-10-12-20(13-11-15)16-4-2-1-3-5-16/h1-9,15,19H,10-13H2. The zero-order chi connectivity index (χ0) is 16.3. The van der Waals surface area contributed by atoms with Crippen molar-refractivity contribution in [2.75, 3.05) is 18.0 Å². The zero-order valence-electron chi connectivity index (χ0n) is 12.7. The second-order valence-electron chi connectivity index (χ2n) is 5.67. The zero-order valence-corrected chi connectivity index (χ0v) is 13.5. The van der Waals surface area contributed by atoms with E-state index in [4.69, 9.17) is 0 Å². The SMILES string of the molecule is O=S(=O)(NC1CCN(c2ccccc2)CC1)c1ccc(F)cc1. The van der Waals surface area contributed by atoms with Crippen LogP contribution in [0.4, 0.5) is 10.1 Å². The quantitative estimate of drug-likeness (QED) is 0.935. The van der Waals surface area contributed by atoms with Gasteiger partial charge in [0.15, 0.2) is 0 Å². The molecule has 1 heterocycles. The van der Waals surface area contributed by atoms with E-state index < -0.39 is 15.8 Å². The summed E-state index contributed by atoms with van der Waals surface area (Å²) in [6, 6.07) is 14.9. The van der Waals surface area contributed by atoms with Gasteiger partial charge in [0.1, 0.15) is 5.82 Å². The summed E-state index contributed by atoms with van der Waals surface area (Å²) in [7, 11) is -3.59. The first-order valence-electron chi connectivity index (χ1n) is 7.62. The Labute approximate surface area is 136 Å². The minimum absolute atomic E-state index is 0.0926. The molecule has 1 aliphatic rings. The number of halogens is 1. The largest absolute Gasteiger partial charge is 0.371 e. The van der Waals surface area contributed by atoms with Crippen molar-refractivity contribution in [3.63, 3.8) is 0 Å². The molecule has 6 heteroatoms. The van der Waals surface area contributed by atoms with Crippen molar-refractivity contribution in [3.05, 3.63) is 60.4 Å². The van der Waals surface area contributed by atoms with Crippen LogP contribution in [0.5, 0.6) is 0 Å². The van der Waals surface area contributed by atoms with E-state index in [1.165, 1.54) is 12.1 Å². The Morgan fingerprint density at radius 1 is 0.957 bits per heavy atom. The van der Waals surface area contributed by atoms with Gasteiger partial charge in [-0.3, -0.25) is 0 Å². The van der Waals surface area contributed by atoms with Crippen LogP contribution < -0.4 is 9.62 Å². The van der Waals surface area contributed by atoms with Gasteiger partial charge in [0.2, 0.25) is 10.0 Å². The van der Waals surface area contributed by atoms with Crippen LogP contribution in [0.1, 0.15) is 12.8 Å². The molecule has 0 bridgehead atoms. The van der Waals surface area contributed by atoms with Gasteiger partial charge in [-0.15, -0.1) is 0 Å². The van der Waals surface area contributed by atoms with Gasteiger partial charge >= 0.3 is 0 Å². The highest BCUT2D eigenvalue weighted by atomic mass is 32.2. The second kappa shape index (κ2) is 6.68. The Hall–Kier alpha value is -1.92. The van der Waals surface area contributed by atoms with Crippen molar-refractivity contribution in [2.24, 2.45) is 0 Å². The first-order valence-corrected chi connectivity index (χ1v) is 9.11. The van der Waals surface area contributed by atoms with Gasteiger partial charge in [0.25, 0.3) is 0 Å². The molecule has 0 saturated carbocycles. The summed E-state index contributed by atoms with van der Waals surface area (Å²) < 4.78 is 40.3. The number of rotatable bonds is 4. The first kappa shape index (κ1) is 16.0. The maximum absolute atomic E-state index is 12.9. The lowest BCUT2D eigenvalue weighted by molar-refractivity contribution is 0.460. The lowest BCUT2D eigenvalue weighted by Crippen LogP contribution is -2.44. The molecule has 2 aromatic carbocycles. The molecule has 0 unspecified atom stereocenters. The van der Waals surface area contributed by atoms with E-state index in [9.17, 15) is 12.8 Å². The lowest BCUT2D eigenvalue weighted by Gasteiger charge is -2.33. The minimum atomic E-state index is -3.59. The average molecular weight is 334 g/mol. The van der Waals surface area contributed by atoms with E-state index in [0.29, 0.717) is 0 Å². The molecule has 0 aromatic heterocycles. The van der Waals surface area contributed by atoms with Crippen LogP contribution in [0.25, 0.3) is 0 Å². The van der Waals surface area contributed by atoms with Crippen molar-refractivity contribution in [1.82, 2.24) is 4.72 Å². The normalized spacial score (nSPS) is 16.5. The number of nitrogens with one attached hydrogen (secondary N) is 1. The molecule has 0 spiro atoms. The summed E-state index contributed by atoms with van der Waals surface area (Å²) in [4.78, 5) is 2.35. The molecular formula is C17H19FN2O2S. The van der Waals surface area contributed by atoms with E-state index in [2.05, 4.69) is 21.8 Å². The van der Waals surface area contributed by atoms with E-state index in [0.717, 1.165) is 43.8 Å². The molecule has 4 nitrogen and oxygen atoms in total. The highest BCUT2D eigenvalue weighted by molar-refractivity contribution is 7.89. The van der Waals surface area contributed by atoms with Crippen molar-refractivity contribution in [1.29, 1.82) is 0 Å². The van der Waals surface area contributed by atoms with Crippen LogP contribution in [0, 0.1) is 5.82 Å². The molecule has 0 amide bonds. The molecule has 2 aromatic rings. The van der Waals surface area contributed by atoms with Crippen molar-refractivity contribution in [3.8, 4) is 0 Å². The summed E-state index contributed by atoms with van der Waals surface area (Å²) in [5, 5.41) is 0. The maximum Gasteiger partial charge on any atom is 0.240 e. The Kier molecular flexibility index (Phi) is 4.63. The number of nitrogens with zero attached hydrogens (tertiary/aromatic N) is 1. The minimum Gasteiger partial charge on any atom is -0.371 e. The number of anilines is 1. The summed E-state index contributed by atoms with van der Waals surface area (Å²) in [5.74, 6) is -0.444. The highest BCUT2D eigenvalue weighted by Gasteiger charge is 2.24. The number of hydrogen-bond donors (Lipinski definition) is 1. The van der Waals surface area contributed by atoms with Crippen LogP contribution in [0.15, 0.2) is 59.5 Å². The fourth-order valence-corrected chi connectivity index (χ4v) is 4.10. The summed E-state index contributed by atoms with van der Waals surface area (Å²) in [5.41, 5.74) is 1.16.